The Hall–Kier alpha value is -2.77. The summed E-state index contributed by atoms with van der Waals surface area (Å²) in [5.41, 5.74) is 2.43. The maximum absolute atomic E-state index is 13.0. The highest BCUT2D eigenvalue weighted by molar-refractivity contribution is 7.99. The fraction of sp³-hybridized carbons (Fsp3) is 0.261. The molecule has 2 aromatic heterocycles. The standard InChI is InChI=1S/C23H23ClN4O2S/c1-26-20-19(21(29)27(2)23(26)30)28(15-17-10-12-18(24)13-11-17)22(25-20)31-14-6-9-16-7-4-3-5-8-16/h3-5,7-8,10-13H,6,9,14-15H2,1-2H3. The van der Waals surface area contributed by atoms with E-state index in [-0.39, 0.29) is 11.2 Å². The topological polar surface area (TPSA) is 61.8 Å². The molecule has 0 atom stereocenters. The Morgan fingerprint density at radius 1 is 0.935 bits per heavy atom. The van der Waals surface area contributed by atoms with Crippen LogP contribution in [-0.4, -0.2) is 24.4 Å². The maximum atomic E-state index is 13.0. The van der Waals surface area contributed by atoms with Gasteiger partial charge in [-0.3, -0.25) is 13.9 Å². The fourth-order valence-corrected chi connectivity index (χ4v) is 4.60. The van der Waals surface area contributed by atoms with Crippen molar-refractivity contribution in [3.63, 3.8) is 0 Å². The first-order valence-electron chi connectivity index (χ1n) is 10.0. The van der Waals surface area contributed by atoms with Crippen molar-refractivity contribution in [2.75, 3.05) is 5.75 Å². The molecule has 0 aliphatic carbocycles. The normalized spacial score (nSPS) is 11.3. The Morgan fingerprint density at radius 3 is 2.35 bits per heavy atom. The third-order valence-corrected chi connectivity index (χ3v) is 6.57. The van der Waals surface area contributed by atoms with Gasteiger partial charge in [-0.2, -0.15) is 0 Å². The zero-order chi connectivity index (χ0) is 22.0. The first kappa shape index (κ1) is 21.5. The van der Waals surface area contributed by atoms with Gasteiger partial charge in [-0.05, 0) is 36.1 Å². The van der Waals surface area contributed by atoms with Crippen LogP contribution in [0.5, 0.6) is 0 Å². The molecule has 0 bridgehead atoms. The lowest BCUT2D eigenvalue weighted by Crippen LogP contribution is -2.37. The van der Waals surface area contributed by atoms with Crippen LogP contribution in [0.15, 0.2) is 69.3 Å². The molecule has 0 unspecified atom stereocenters. The number of fused-ring (bicyclic) bond motifs is 1. The van der Waals surface area contributed by atoms with Gasteiger partial charge in [-0.1, -0.05) is 65.8 Å². The van der Waals surface area contributed by atoms with Crippen molar-refractivity contribution in [2.24, 2.45) is 14.1 Å². The summed E-state index contributed by atoms with van der Waals surface area (Å²) in [7, 11) is 3.14. The molecule has 160 valence electrons. The van der Waals surface area contributed by atoms with E-state index >= 15 is 0 Å². The molecule has 0 N–H and O–H groups in total. The SMILES string of the molecule is Cn1c(=O)c2c(nc(SCCCc3ccccc3)n2Cc2ccc(Cl)cc2)n(C)c1=O. The van der Waals surface area contributed by atoms with Crippen LogP contribution in [0.1, 0.15) is 17.5 Å². The van der Waals surface area contributed by atoms with Crippen molar-refractivity contribution in [2.45, 2.75) is 24.5 Å². The van der Waals surface area contributed by atoms with Crippen molar-refractivity contribution < 1.29 is 0 Å². The zero-order valence-corrected chi connectivity index (χ0v) is 19.0. The summed E-state index contributed by atoms with van der Waals surface area (Å²) >= 11 is 7.63. The van der Waals surface area contributed by atoms with E-state index in [0.717, 1.165) is 33.9 Å². The van der Waals surface area contributed by atoms with Crippen LogP contribution in [0.4, 0.5) is 0 Å². The lowest BCUT2D eigenvalue weighted by Gasteiger charge is -2.10. The molecule has 0 saturated heterocycles. The summed E-state index contributed by atoms with van der Waals surface area (Å²) in [4.78, 5) is 30.0. The van der Waals surface area contributed by atoms with E-state index in [1.54, 1.807) is 18.8 Å². The first-order valence-corrected chi connectivity index (χ1v) is 11.4. The summed E-state index contributed by atoms with van der Waals surface area (Å²) in [5, 5.41) is 1.39. The number of halogens is 1. The fourth-order valence-electron chi connectivity index (χ4n) is 3.54. The van der Waals surface area contributed by atoms with Crippen LogP contribution in [-0.2, 0) is 27.1 Å². The van der Waals surface area contributed by atoms with Crippen molar-refractivity contribution in [1.82, 2.24) is 18.7 Å². The van der Waals surface area contributed by atoms with E-state index in [4.69, 9.17) is 11.6 Å². The second kappa shape index (κ2) is 9.16. The second-order valence-corrected chi connectivity index (χ2v) is 8.92. The molecular weight excluding hydrogens is 432 g/mol. The number of benzene rings is 2. The maximum Gasteiger partial charge on any atom is 0.332 e. The summed E-state index contributed by atoms with van der Waals surface area (Å²) in [6.07, 6.45) is 1.96. The van der Waals surface area contributed by atoms with Gasteiger partial charge >= 0.3 is 5.69 Å². The highest BCUT2D eigenvalue weighted by Crippen LogP contribution is 2.24. The molecule has 8 heteroatoms. The molecule has 2 heterocycles. The quantitative estimate of drug-likeness (QED) is 0.314. The molecule has 0 radical (unpaired) electrons. The van der Waals surface area contributed by atoms with Gasteiger partial charge in [0.1, 0.15) is 0 Å². The van der Waals surface area contributed by atoms with E-state index in [9.17, 15) is 9.59 Å². The molecule has 6 nitrogen and oxygen atoms in total. The van der Waals surface area contributed by atoms with E-state index < -0.39 is 0 Å². The molecule has 4 aromatic rings. The van der Waals surface area contributed by atoms with Gasteiger partial charge in [0.25, 0.3) is 5.56 Å². The number of aryl methyl sites for hydroxylation is 2. The lowest BCUT2D eigenvalue weighted by molar-refractivity contribution is 0.696. The monoisotopic (exact) mass is 454 g/mol. The number of hydrogen-bond acceptors (Lipinski definition) is 4. The molecule has 0 saturated carbocycles. The van der Waals surface area contributed by atoms with Crippen molar-refractivity contribution in [3.05, 3.63) is 91.6 Å². The lowest BCUT2D eigenvalue weighted by atomic mass is 10.1. The van der Waals surface area contributed by atoms with Gasteiger partial charge < -0.3 is 4.57 Å². The average Bonchev–Trinajstić information content (AvgIpc) is 3.14. The molecule has 0 aliphatic rings. The minimum absolute atomic E-state index is 0.337. The van der Waals surface area contributed by atoms with Gasteiger partial charge in [-0.25, -0.2) is 9.78 Å². The number of hydrogen-bond donors (Lipinski definition) is 0. The first-order chi connectivity index (χ1) is 15.0. The van der Waals surface area contributed by atoms with E-state index in [1.807, 2.05) is 47.0 Å². The highest BCUT2D eigenvalue weighted by Gasteiger charge is 2.19. The number of rotatable bonds is 7. The molecule has 0 fully saturated rings. The van der Waals surface area contributed by atoms with E-state index in [2.05, 4.69) is 17.1 Å². The van der Waals surface area contributed by atoms with Crippen LogP contribution in [0.2, 0.25) is 5.02 Å². The summed E-state index contributed by atoms with van der Waals surface area (Å²) in [6, 6.07) is 17.9. The minimum atomic E-state index is -0.380. The molecule has 0 amide bonds. The van der Waals surface area contributed by atoms with Crippen LogP contribution < -0.4 is 11.2 Å². The van der Waals surface area contributed by atoms with Crippen LogP contribution in [0.3, 0.4) is 0 Å². The predicted octanol–water partition coefficient (Wildman–Crippen LogP) is 3.86. The van der Waals surface area contributed by atoms with Crippen molar-refractivity contribution in [1.29, 1.82) is 0 Å². The third kappa shape index (κ3) is 4.48. The van der Waals surface area contributed by atoms with Gasteiger partial charge in [0, 0.05) is 24.9 Å². The van der Waals surface area contributed by atoms with Gasteiger partial charge in [-0.15, -0.1) is 0 Å². The third-order valence-electron chi connectivity index (χ3n) is 5.25. The van der Waals surface area contributed by atoms with Gasteiger partial charge in [0.05, 0.1) is 6.54 Å². The van der Waals surface area contributed by atoms with Crippen LogP contribution in [0, 0.1) is 0 Å². The Balaban J connectivity index is 1.68. The molecule has 4 rings (SSSR count). The second-order valence-electron chi connectivity index (χ2n) is 7.42. The average molecular weight is 455 g/mol. The summed E-state index contributed by atoms with van der Waals surface area (Å²) < 4.78 is 4.48. The van der Waals surface area contributed by atoms with Crippen LogP contribution >= 0.6 is 23.4 Å². The predicted molar refractivity (Wildman–Crippen MR) is 126 cm³/mol. The highest BCUT2D eigenvalue weighted by atomic mass is 35.5. The molecule has 31 heavy (non-hydrogen) atoms. The Bertz CT molecular complexity index is 1320. The van der Waals surface area contributed by atoms with Crippen LogP contribution in [0.25, 0.3) is 11.2 Å². The molecule has 2 aromatic carbocycles. The number of thioether (sulfide) groups is 1. The summed E-state index contributed by atoms with van der Waals surface area (Å²) in [6.45, 7) is 0.474. The number of aromatic nitrogens is 4. The number of nitrogens with zero attached hydrogens (tertiary/aromatic N) is 4. The summed E-state index contributed by atoms with van der Waals surface area (Å²) in [5.74, 6) is 0.854. The largest absolute Gasteiger partial charge is 0.332 e. The van der Waals surface area contributed by atoms with Crippen molar-refractivity contribution >= 4 is 34.5 Å². The van der Waals surface area contributed by atoms with Gasteiger partial charge in [0.15, 0.2) is 16.3 Å². The molecule has 0 aliphatic heterocycles. The molecular formula is C23H23ClN4O2S. The molecule has 0 spiro atoms. The smallest absolute Gasteiger partial charge is 0.309 e. The van der Waals surface area contributed by atoms with E-state index in [1.165, 1.54) is 17.2 Å². The van der Waals surface area contributed by atoms with E-state index in [0.29, 0.717) is 22.7 Å². The number of imidazole rings is 1. The minimum Gasteiger partial charge on any atom is -0.309 e. The van der Waals surface area contributed by atoms with Crippen molar-refractivity contribution in [3.8, 4) is 0 Å². The van der Waals surface area contributed by atoms with Gasteiger partial charge in [0.2, 0.25) is 0 Å². The Kier molecular flexibility index (Phi) is 6.34. The zero-order valence-electron chi connectivity index (χ0n) is 17.4. The Morgan fingerprint density at radius 2 is 1.65 bits per heavy atom. The Labute approximate surface area is 189 Å².